The Morgan fingerprint density at radius 3 is 2.89 bits per heavy atom. The summed E-state index contributed by atoms with van der Waals surface area (Å²) < 4.78 is 3.03. The first-order valence-electron chi connectivity index (χ1n) is 6.65. The summed E-state index contributed by atoms with van der Waals surface area (Å²) >= 11 is 7.59. The van der Waals surface area contributed by atoms with Crippen molar-refractivity contribution in [1.29, 1.82) is 0 Å². The summed E-state index contributed by atoms with van der Waals surface area (Å²) in [6.45, 7) is 7.38. The molecule has 0 amide bonds. The molecule has 5 heteroatoms. The van der Waals surface area contributed by atoms with Crippen LogP contribution >= 0.6 is 22.9 Å². The molecule has 0 aliphatic carbocycles. The molecule has 1 N–H and O–H groups in total. The predicted octanol–water partition coefficient (Wildman–Crippen LogP) is 4.88. The fraction of sp³-hybridized carbons (Fsp3) is 0.500. The molecule has 0 spiro atoms. The van der Waals surface area contributed by atoms with E-state index in [4.69, 9.17) is 11.6 Å². The van der Waals surface area contributed by atoms with E-state index in [0.717, 1.165) is 22.5 Å². The highest BCUT2D eigenvalue weighted by Gasteiger charge is 2.12. The van der Waals surface area contributed by atoms with Gasteiger partial charge >= 0.3 is 0 Å². The molecule has 0 fully saturated rings. The largest absolute Gasteiger partial charge is 0.348 e. The van der Waals surface area contributed by atoms with Gasteiger partial charge < -0.3 is 9.88 Å². The summed E-state index contributed by atoms with van der Waals surface area (Å²) in [5, 5.41) is 3.47. The number of aryl methyl sites for hydroxylation is 2. The molecule has 0 aliphatic rings. The van der Waals surface area contributed by atoms with Crippen LogP contribution in [0.2, 0.25) is 4.34 Å². The number of hydrogen-bond donors (Lipinski definition) is 1. The van der Waals surface area contributed by atoms with E-state index in [1.54, 1.807) is 11.3 Å². The smallest absolute Gasteiger partial charge is 0.203 e. The standard InChI is InChI=1S/C14H20ClN3S/c1-4-5-8-18-9-10(2)16-14(18)17-11(3)12-6-7-13(15)19-12/h6-7,9,11H,4-5,8H2,1-3H3,(H,16,17). The van der Waals surface area contributed by atoms with Crippen LogP contribution in [-0.2, 0) is 6.54 Å². The second-order valence-electron chi connectivity index (χ2n) is 4.76. The van der Waals surface area contributed by atoms with Crippen LogP contribution in [0.4, 0.5) is 5.95 Å². The van der Waals surface area contributed by atoms with Gasteiger partial charge in [0.25, 0.3) is 0 Å². The van der Waals surface area contributed by atoms with Gasteiger partial charge in [0.15, 0.2) is 0 Å². The number of nitrogens with zero attached hydrogens (tertiary/aromatic N) is 2. The Bertz CT molecular complexity index is 533. The number of aromatic nitrogens is 2. The first-order chi connectivity index (χ1) is 9.10. The lowest BCUT2D eigenvalue weighted by atomic mass is 10.3. The molecule has 2 heterocycles. The molecule has 0 radical (unpaired) electrons. The van der Waals surface area contributed by atoms with Crippen LogP contribution in [0.25, 0.3) is 0 Å². The van der Waals surface area contributed by atoms with Gasteiger partial charge in [-0.3, -0.25) is 0 Å². The van der Waals surface area contributed by atoms with Gasteiger partial charge in [-0.25, -0.2) is 4.98 Å². The van der Waals surface area contributed by atoms with Crippen molar-refractivity contribution < 1.29 is 0 Å². The molecule has 0 aliphatic heterocycles. The molecular formula is C14H20ClN3S. The lowest BCUT2D eigenvalue weighted by Gasteiger charge is -2.14. The summed E-state index contributed by atoms with van der Waals surface area (Å²) in [6.07, 6.45) is 4.46. The van der Waals surface area contributed by atoms with Crippen molar-refractivity contribution in [1.82, 2.24) is 9.55 Å². The number of halogens is 1. The SMILES string of the molecule is CCCCn1cc(C)nc1NC(C)c1ccc(Cl)s1. The molecule has 1 unspecified atom stereocenters. The van der Waals surface area contributed by atoms with Crippen LogP contribution in [-0.4, -0.2) is 9.55 Å². The molecule has 0 saturated heterocycles. The van der Waals surface area contributed by atoms with Gasteiger partial charge in [-0.05, 0) is 32.4 Å². The van der Waals surface area contributed by atoms with Crippen molar-refractivity contribution in [3.8, 4) is 0 Å². The molecule has 19 heavy (non-hydrogen) atoms. The maximum Gasteiger partial charge on any atom is 0.203 e. The maximum atomic E-state index is 5.98. The normalized spacial score (nSPS) is 12.6. The van der Waals surface area contributed by atoms with Gasteiger partial charge in [-0.1, -0.05) is 24.9 Å². The number of nitrogens with one attached hydrogen (secondary N) is 1. The zero-order chi connectivity index (χ0) is 13.8. The topological polar surface area (TPSA) is 29.9 Å². The number of rotatable bonds is 6. The Balaban J connectivity index is 2.09. The van der Waals surface area contributed by atoms with Crippen molar-refractivity contribution >= 4 is 28.9 Å². The molecule has 2 rings (SSSR count). The van der Waals surface area contributed by atoms with Gasteiger partial charge in [-0.15, -0.1) is 11.3 Å². The van der Waals surface area contributed by atoms with E-state index in [9.17, 15) is 0 Å². The van der Waals surface area contributed by atoms with Crippen LogP contribution in [0.1, 0.15) is 43.3 Å². The van der Waals surface area contributed by atoms with Crippen molar-refractivity contribution in [2.75, 3.05) is 5.32 Å². The third-order valence-corrected chi connectivity index (χ3v) is 4.43. The highest BCUT2D eigenvalue weighted by Crippen LogP contribution is 2.28. The molecule has 0 saturated carbocycles. The molecular weight excluding hydrogens is 278 g/mol. The maximum absolute atomic E-state index is 5.98. The summed E-state index contributed by atoms with van der Waals surface area (Å²) in [7, 11) is 0. The minimum atomic E-state index is 0.222. The van der Waals surface area contributed by atoms with Crippen molar-refractivity contribution in [2.45, 2.75) is 46.2 Å². The molecule has 1 atom stereocenters. The van der Waals surface area contributed by atoms with Crippen LogP contribution in [0.15, 0.2) is 18.3 Å². The van der Waals surface area contributed by atoms with Crippen molar-refractivity contribution in [3.63, 3.8) is 0 Å². The molecule has 2 aromatic rings. The van der Waals surface area contributed by atoms with Gasteiger partial charge in [-0.2, -0.15) is 0 Å². The monoisotopic (exact) mass is 297 g/mol. The molecule has 0 bridgehead atoms. The Kier molecular flexibility index (Phi) is 4.88. The van der Waals surface area contributed by atoms with Gasteiger partial charge in [0.05, 0.1) is 16.1 Å². The Hall–Kier alpha value is -1.000. The third kappa shape index (κ3) is 3.74. The summed E-state index contributed by atoms with van der Waals surface area (Å²) in [4.78, 5) is 5.79. The Morgan fingerprint density at radius 1 is 1.47 bits per heavy atom. The minimum Gasteiger partial charge on any atom is -0.348 e. The highest BCUT2D eigenvalue weighted by molar-refractivity contribution is 7.16. The van der Waals surface area contributed by atoms with E-state index in [0.29, 0.717) is 0 Å². The van der Waals surface area contributed by atoms with E-state index in [1.165, 1.54) is 17.7 Å². The Morgan fingerprint density at radius 2 is 2.26 bits per heavy atom. The van der Waals surface area contributed by atoms with Crippen LogP contribution < -0.4 is 5.32 Å². The number of imidazole rings is 1. The number of thiophene rings is 1. The number of unbranched alkanes of at least 4 members (excludes halogenated alkanes) is 1. The quantitative estimate of drug-likeness (QED) is 0.823. The second kappa shape index (κ2) is 6.44. The summed E-state index contributed by atoms with van der Waals surface area (Å²) in [6, 6.07) is 4.23. The number of anilines is 1. The van der Waals surface area contributed by atoms with Crippen LogP contribution in [0.5, 0.6) is 0 Å². The first kappa shape index (κ1) is 14.4. The molecule has 104 valence electrons. The van der Waals surface area contributed by atoms with Crippen LogP contribution in [0, 0.1) is 6.92 Å². The number of hydrogen-bond acceptors (Lipinski definition) is 3. The summed E-state index contributed by atoms with van der Waals surface area (Å²) in [5.74, 6) is 0.947. The average molecular weight is 298 g/mol. The molecule has 2 aromatic heterocycles. The van der Waals surface area contributed by atoms with Gasteiger partial charge in [0.2, 0.25) is 5.95 Å². The lowest BCUT2D eigenvalue weighted by molar-refractivity contribution is 0.631. The third-order valence-electron chi connectivity index (χ3n) is 3.02. The van der Waals surface area contributed by atoms with Gasteiger partial charge in [0, 0.05) is 17.6 Å². The average Bonchev–Trinajstić information content (AvgIpc) is 2.93. The minimum absolute atomic E-state index is 0.222. The van der Waals surface area contributed by atoms with E-state index in [2.05, 4.69) is 41.0 Å². The van der Waals surface area contributed by atoms with E-state index in [-0.39, 0.29) is 6.04 Å². The first-order valence-corrected chi connectivity index (χ1v) is 7.85. The van der Waals surface area contributed by atoms with Crippen LogP contribution in [0.3, 0.4) is 0 Å². The molecule has 3 nitrogen and oxygen atoms in total. The zero-order valence-corrected chi connectivity index (χ0v) is 13.2. The van der Waals surface area contributed by atoms with Crippen molar-refractivity contribution in [3.05, 3.63) is 33.2 Å². The van der Waals surface area contributed by atoms with Gasteiger partial charge in [0.1, 0.15) is 0 Å². The fourth-order valence-corrected chi connectivity index (χ4v) is 3.05. The fourth-order valence-electron chi connectivity index (χ4n) is 1.99. The zero-order valence-electron chi connectivity index (χ0n) is 11.6. The van der Waals surface area contributed by atoms with Crippen molar-refractivity contribution in [2.24, 2.45) is 0 Å². The lowest BCUT2D eigenvalue weighted by Crippen LogP contribution is -2.10. The second-order valence-corrected chi connectivity index (χ2v) is 6.51. The van der Waals surface area contributed by atoms with E-state index < -0.39 is 0 Å². The summed E-state index contributed by atoms with van der Waals surface area (Å²) in [5.41, 5.74) is 1.05. The molecule has 0 aromatic carbocycles. The van der Waals surface area contributed by atoms with E-state index >= 15 is 0 Å². The van der Waals surface area contributed by atoms with E-state index in [1.807, 2.05) is 13.0 Å². The highest BCUT2D eigenvalue weighted by atomic mass is 35.5. The predicted molar refractivity (Wildman–Crippen MR) is 83.2 cm³/mol. The Labute approximate surface area is 123 Å².